The fraction of sp³-hybridized carbons (Fsp3) is 0.278. The number of ether oxygens (including phenoxy) is 1. The molecule has 1 aromatic heterocycles. The van der Waals surface area contributed by atoms with E-state index in [2.05, 4.69) is 9.88 Å². The third-order valence-corrected chi connectivity index (χ3v) is 3.97. The van der Waals surface area contributed by atoms with Crippen molar-refractivity contribution in [3.05, 3.63) is 59.9 Å². The van der Waals surface area contributed by atoms with Crippen LogP contribution < -0.4 is 4.90 Å². The van der Waals surface area contributed by atoms with Gasteiger partial charge in [0, 0.05) is 26.2 Å². The summed E-state index contributed by atoms with van der Waals surface area (Å²) in [5, 5.41) is 8.78. The summed E-state index contributed by atoms with van der Waals surface area (Å²) in [4.78, 5) is 20.1. The molecule has 0 saturated carbocycles. The molecule has 0 N–H and O–H groups in total. The molecule has 6 heteroatoms. The summed E-state index contributed by atoms with van der Waals surface area (Å²) in [5.74, 6) is 0. The van der Waals surface area contributed by atoms with Gasteiger partial charge < -0.3 is 14.5 Å². The third kappa shape index (κ3) is 3.82. The zero-order valence-electron chi connectivity index (χ0n) is 13.3. The summed E-state index contributed by atoms with van der Waals surface area (Å²) >= 11 is 0. The van der Waals surface area contributed by atoms with Crippen LogP contribution in [0.5, 0.6) is 0 Å². The summed E-state index contributed by atoms with van der Waals surface area (Å²) in [6.45, 7) is 2.93. The fourth-order valence-electron chi connectivity index (χ4n) is 2.60. The number of nitrogens with zero attached hydrogens (tertiary/aromatic N) is 4. The molecule has 1 aromatic carbocycles. The van der Waals surface area contributed by atoms with Gasteiger partial charge in [-0.3, -0.25) is 0 Å². The highest BCUT2D eigenvalue weighted by molar-refractivity contribution is 5.68. The minimum absolute atomic E-state index is 0.281. The van der Waals surface area contributed by atoms with E-state index in [1.54, 1.807) is 17.2 Å². The maximum atomic E-state index is 12.1. The lowest BCUT2D eigenvalue weighted by Gasteiger charge is -2.35. The standard InChI is InChI=1S/C18H18N4O2/c19-12-16-6-7-17(13-20-16)21-8-10-22(11-9-21)18(23)24-14-15-4-2-1-3-5-15/h1-7,13H,8-11,14H2. The smallest absolute Gasteiger partial charge is 0.410 e. The molecular formula is C18H18N4O2. The lowest BCUT2D eigenvalue weighted by molar-refractivity contribution is 0.0942. The van der Waals surface area contributed by atoms with E-state index >= 15 is 0 Å². The molecular weight excluding hydrogens is 304 g/mol. The van der Waals surface area contributed by atoms with Crippen LogP contribution in [0.3, 0.4) is 0 Å². The molecule has 1 fully saturated rings. The Labute approximate surface area is 140 Å². The number of aromatic nitrogens is 1. The molecule has 122 valence electrons. The Morgan fingerprint density at radius 1 is 1.12 bits per heavy atom. The third-order valence-electron chi connectivity index (χ3n) is 3.97. The molecule has 0 unspecified atom stereocenters. The van der Waals surface area contributed by atoms with Gasteiger partial charge in [0.1, 0.15) is 18.4 Å². The molecule has 24 heavy (non-hydrogen) atoms. The Morgan fingerprint density at radius 2 is 1.88 bits per heavy atom. The molecule has 2 heterocycles. The van der Waals surface area contributed by atoms with Gasteiger partial charge in [-0.25, -0.2) is 9.78 Å². The normalized spacial score (nSPS) is 14.1. The SMILES string of the molecule is N#Cc1ccc(N2CCN(C(=O)OCc3ccccc3)CC2)cn1. The van der Waals surface area contributed by atoms with Crippen molar-refractivity contribution in [2.75, 3.05) is 31.1 Å². The van der Waals surface area contributed by atoms with Crippen LogP contribution in [0.1, 0.15) is 11.3 Å². The number of amides is 1. The minimum Gasteiger partial charge on any atom is -0.445 e. The van der Waals surface area contributed by atoms with E-state index in [0.29, 0.717) is 38.5 Å². The van der Waals surface area contributed by atoms with E-state index in [4.69, 9.17) is 10.00 Å². The van der Waals surface area contributed by atoms with E-state index in [-0.39, 0.29) is 6.09 Å². The van der Waals surface area contributed by atoms with Gasteiger partial charge >= 0.3 is 6.09 Å². The molecule has 1 aliphatic rings. The van der Waals surface area contributed by atoms with Gasteiger partial charge in [-0.15, -0.1) is 0 Å². The lowest BCUT2D eigenvalue weighted by Crippen LogP contribution is -2.49. The molecule has 0 bridgehead atoms. The van der Waals surface area contributed by atoms with Crippen LogP contribution in [0.25, 0.3) is 0 Å². The zero-order valence-corrected chi connectivity index (χ0v) is 13.3. The van der Waals surface area contributed by atoms with Crippen molar-refractivity contribution < 1.29 is 9.53 Å². The zero-order chi connectivity index (χ0) is 16.8. The van der Waals surface area contributed by atoms with Crippen LogP contribution in [0.4, 0.5) is 10.5 Å². The van der Waals surface area contributed by atoms with Crippen molar-refractivity contribution in [3.8, 4) is 6.07 Å². The molecule has 0 aliphatic carbocycles. The van der Waals surface area contributed by atoms with Crippen molar-refractivity contribution in [3.63, 3.8) is 0 Å². The van der Waals surface area contributed by atoms with Crippen LogP contribution in [-0.2, 0) is 11.3 Å². The Morgan fingerprint density at radius 3 is 2.50 bits per heavy atom. The van der Waals surface area contributed by atoms with Crippen LogP contribution in [0, 0.1) is 11.3 Å². The number of carbonyl (C=O) groups excluding carboxylic acids is 1. The lowest BCUT2D eigenvalue weighted by atomic mass is 10.2. The molecule has 1 aliphatic heterocycles. The average Bonchev–Trinajstić information content (AvgIpc) is 2.67. The predicted molar refractivity (Wildman–Crippen MR) is 89.4 cm³/mol. The van der Waals surface area contributed by atoms with E-state index in [1.807, 2.05) is 42.5 Å². The maximum absolute atomic E-state index is 12.1. The molecule has 1 amide bonds. The highest BCUT2D eigenvalue weighted by atomic mass is 16.6. The summed E-state index contributed by atoms with van der Waals surface area (Å²) < 4.78 is 5.36. The predicted octanol–water partition coefficient (Wildman–Crippen LogP) is 2.41. The summed E-state index contributed by atoms with van der Waals surface area (Å²) in [5.41, 5.74) is 2.35. The molecule has 0 atom stereocenters. The highest BCUT2D eigenvalue weighted by Gasteiger charge is 2.22. The van der Waals surface area contributed by atoms with E-state index in [0.717, 1.165) is 11.3 Å². The second-order valence-corrected chi connectivity index (χ2v) is 5.53. The van der Waals surface area contributed by atoms with Gasteiger partial charge in [0.05, 0.1) is 11.9 Å². The number of carbonyl (C=O) groups is 1. The van der Waals surface area contributed by atoms with Crippen LogP contribution in [0.15, 0.2) is 48.7 Å². The summed E-state index contributed by atoms with van der Waals surface area (Å²) in [7, 11) is 0. The number of piperazine rings is 1. The number of pyridine rings is 1. The number of nitriles is 1. The second kappa shape index (κ2) is 7.47. The number of rotatable bonds is 3. The first-order chi connectivity index (χ1) is 11.8. The van der Waals surface area contributed by atoms with Crippen LogP contribution in [0.2, 0.25) is 0 Å². The molecule has 2 aromatic rings. The fourth-order valence-corrected chi connectivity index (χ4v) is 2.60. The van der Waals surface area contributed by atoms with Gasteiger partial charge in [-0.1, -0.05) is 30.3 Å². The first kappa shape index (κ1) is 15.8. The van der Waals surface area contributed by atoms with E-state index < -0.39 is 0 Å². The van der Waals surface area contributed by atoms with Crippen molar-refractivity contribution in [2.45, 2.75) is 6.61 Å². The Bertz CT molecular complexity index is 717. The number of anilines is 1. The molecule has 0 spiro atoms. The highest BCUT2D eigenvalue weighted by Crippen LogP contribution is 2.16. The number of hydrogen-bond acceptors (Lipinski definition) is 5. The average molecular weight is 322 g/mol. The largest absolute Gasteiger partial charge is 0.445 e. The van der Waals surface area contributed by atoms with Gasteiger partial charge in [-0.2, -0.15) is 5.26 Å². The van der Waals surface area contributed by atoms with E-state index in [9.17, 15) is 4.79 Å². The monoisotopic (exact) mass is 322 g/mol. The molecule has 1 saturated heterocycles. The van der Waals surface area contributed by atoms with Crippen molar-refractivity contribution in [2.24, 2.45) is 0 Å². The maximum Gasteiger partial charge on any atom is 0.410 e. The Balaban J connectivity index is 1.49. The minimum atomic E-state index is -0.281. The first-order valence-electron chi connectivity index (χ1n) is 7.83. The van der Waals surface area contributed by atoms with Crippen molar-refractivity contribution in [1.82, 2.24) is 9.88 Å². The second-order valence-electron chi connectivity index (χ2n) is 5.53. The van der Waals surface area contributed by atoms with Gasteiger partial charge in [0.2, 0.25) is 0 Å². The van der Waals surface area contributed by atoms with Gasteiger partial charge in [0.25, 0.3) is 0 Å². The number of benzene rings is 1. The summed E-state index contributed by atoms with van der Waals surface area (Å²) in [6.07, 6.45) is 1.42. The van der Waals surface area contributed by atoms with Gasteiger partial charge in [-0.05, 0) is 17.7 Å². The van der Waals surface area contributed by atoms with Crippen molar-refractivity contribution >= 4 is 11.8 Å². The van der Waals surface area contributed by atoms with Crippen LogP contribution in [-0.4, -0.2) is 42.2 Å². The van der Waals surface area contributed by atoms with Crippen LogP contribution >= 0.6 is 0 Å². The van der Waals surface area contributed by atoms with E-state index in [1.165, 1.54) is 0 Å². The topological polar surface area (TPSA) is 69.5 Å². The summed E-state index contributed by atoms with van der Waals surface area (Å²) in [6, 6.07) is 15.2. The molecule has 6 nitrogen and oxygen atoms in total. The molecule has 3 rings (SSSR count). The Kier molecular flexibility index (Phi) is 4.92. The number of hydrogen-bond donors (Lipinski definition) is 0. The Hall–Kier alpha value is -3.07. The molecule has 0 radical (unpaired) electrons. The van der Waals surface area contributed by atoms with Crippen molar-refractivity contribution in [1.29, 1.82) is 5.26 Å². The first-order valence-corrected chi connectivity index (χ1v) is 7.83. The van der Waals surface area contributed by atoms with Gasteiger partial charge in [0.15, 0.2) is 0 Å². The quantitative estimate of drug-likeness (QED) is 0.868.